The molecule has 0 saturated carbocycles. The number of carbonyl (C=O) groups excluding carboxylic acids is 2. The first-order valence-electron chi connectivity index (χ1n) is 9.00. The van der Waals surface area contributed by atoms with Gasteiger partial charge in [0.2, 0.25) is 0 Å². The summed E-state index contributed by atoms with van der Waals surface area (Å²) in [5.74, 6) is 0.753. The molecule has 1 heterocycles. The first-order chi connectivity index (χ1) is 12.3. The molecule has 1 aromatic heterocycles. The molecule has 1 atom stereocenters. The molecule has 0 aliphatic heterocycles. The zero-order valence-electron chi connectivity index (χ0n) is 16.5. The van der Waals surface area contributed by atoms with Gasteiger partial charge in [-0.1, -0.05) is 6.92 Å². The Morgan fingerprint density at radius 3 is 2.50 bits per heavy atom. The number of hydrogen-bond acceptors (Lipinski definition) is 3. The highest BCUT2D eigenvalue weighted by atomic mass is 16.2. The lowest BCUT2D eigenvalue weighted by atomic mass is 10.2. The van der Waals surface area contributed by atoms with Gasteiger partial charge in [-0.15, -0.1) is 0 Å². The minimum absolute atomic E-state index is 0.0513. The van der Waals surface area contributed by atoms with Crippen molar-refractivity contribution >= 4 is 23.0 Å². The number of amides is 3. The van der Waals surface area contributed by atoms with E-state index in [1.807, 2.05) is 39.0 Å². The number of aryl methyl sites for hydroxylation is 1. The van der Waals surface area contributed by atoms with Crippen LogP contribution in [0.3, 0.4) is 0 Å². The molecule has 2 aromatic rings. The molecule has 0 fully saturated rings. The third-order valence-electron chi connectivity index (χ3n) is 4.50. The maximum absolute atomic E-state index is 12.3. The van der Waals surface area contributed by atoms with E-state index in [-0.39, 0.29) is 18.0 Å². The number of fused-ring (bicyclic) bond motifs is 1. The minimum atomic E-state index is -0.113. The molecule has 0 aliphatic carbocycles. The van der Waals surface area contributed by atoms with Crippen molar-refractivity contribution in [3.05, 3.63) is 29.6 Å². The molecule has 0 aliphatic rings. The maximum atomic E-state index is 12.3. The van der Waals surface area contributed by atoms with Gasteiger partial charge in [0.15, 0.2) is 0 Å². The van der Waals surface area contributed by atoms with Crippen molar-refractivity contribution in [2.45, 2.75) is 46.3 Å². The van der Waals surface area contributed by atoms with Crippen molar-refractivity contribution in [2.24, 2.45) is 0 Å². The molecule has 0 radical (unpaired) electrons. The number of imidazole rings is 1. The average Bonchev–Trinajstić information content (AvgIpc) is 2.96. The van der Waals surface area contributed by atoms with Gasteiger partial charge >= 0.3 is 6.03 Å². The van der Waals surface area contributed by atoms with Crippen molar-refractivity contribution < 1.29 is 9.59 Å². The Hall–Kier alpha value is -2.57. The van der Waals surface area contributed by atoms with Gasteiger partial charge < -0.3 is 19.7 Å². The Bertz CT molecular complexity index is 797. The zero-order valence-corrected chi connectivity index (χ0v) is 16.5. The number of aromatic nitrogens is 2. The van der Waals surface area contributed by atoms with Gasteiger partial charge in [-0.2, -0.15) is 0 Å². The molecule has 7 heteroatoms. The Kier molecular flexibility index (Phi) is 6.23. The van der Waals surface area contributed by atoms with Gasteiger partial charge in [-0.05, 0) is 38.5 Å². The fourth-order valence-electron chi connectivity index (χ4n) is 2.75. The highest BCUT2D eigenvalue weighted by molar-refractivity contribution is 5.97. The fourth-order valence-corrected chi connectivity index (χ4v) is 2.75. The molecule has 0 bridgehead atoms. The van der Waals surface area contributed by atoms with Crippen molar-refractivity contribution in [2.75, 3.05) is 21.1 Å². The maximum Gasteiger partial charge on any atom is 0.317 e. The molecule has 1 unspecified atom stereocenters. The van der Waals surface area contributed by atoms with Crippen molar-refractivity contribution in [1.82, 2.24) is 24.7 Å². The van der Waals surface area contributed by atoms with Crippen molar-refractivity contribution in [3.8, 4) is 0 Å². The summed E-state index contributed by atoms with van der Waals surface area (Å²) in [4.78, 5) is 32.3. The summed E-state index contributed by atoms with van der Waals surface area (Å²) in [5, 5.41) is 2.96. The van der Waals surface area contributed by atoms with E-state index in [0.717, 1.165) is 29.8 Å². The lowest BCUT2D eigenvalue weighted by molar-refractivity contribution is 0.0827. The quantitative estimate of drug-likeness (QED) is 0.862. The largest absolute Gasteiger partial charge is 0.345 e. The van der Waals surface area contributed by atoms with Crippen LogP contribution in [0.15, 0.2) is 18.2 Å². The van der Waals surface area contributed by atoms with Crippen LogP contribution in [0, 0.1) is 0 Å². The topological polar surface area (TPSA) is 70.5 Å². The number of nitrogens with zero attached hydrogens (tertiary/aromatic N) is 4. The highest BCUT2D eigenvalue weighted by Crippen LogP contribution is 2.20. The van der Waals surface area contributed by atoms with Gasteiger partial charge in [0, 0.05) is 39.3 Å². The molecule has 0 saturated heterocycles. The Morgan fingerprint density at radius 1 is 1.23 bits per heavy atom. The fraction of sp³-hybridized carbons (Fsp3) is 0.526. The summed E-state index contributed by atoms with van der Waals surface area (Å²) < 4.78 is 2.08. The Morgan fingerprint density at radius 2 is 1.92 bits per heavy atom. The van der Waals surface area contributed by atoms with Crippen molar-refractivity contribution in [1.29, 1.82) is 0 Å². The van der Waals surface area contributed by atoms with Crippen LogP contribution in [0.1, 0.15) is 43.4 Å². The normalized spacial score (nSPS) is 12.1. The number of benzene rings is 1. The van der Waals surface area contributed by atoms with Crippen LogP contribution < -0.4 is 5.32 Å². The van der Waals surface area contributed by atoms with E-state index in [2.05, 4.69) is 14.9 Å². The number of carbonyl (C=O) groups is 2. The second-order valence-electron chi connectivity index (χ2n) is 6.79. The number of hydrogen-bond donors (Lipinski definition) is 1. The van der Waals surface area contributed by atoms with E-state index in [1.54, 1.807) is 30.9 Å². The summed E-state index contributed by atoms with van der Waals surface area (Å²) in [7, 11) is 5.22. The van der Waals surface area contributed by atoms with Crippen LogP contribution in [0.4, 0.5) is 4.79 Å². The number of urea groups is 1. The summed E-state index contributed by atoms with van der Waals surface area (Å²) in [6.45, 7) is 7.21. The Labute approximate surface area is 155 Å². The van der Waals surface area contributed by atoms with Crippen molar-refractivity contribution in [3.63, 3.8) is 0 Å². The molecule has 0 spiro atoms. The van der Waals surface area contributed by atoms with E-state index in [4.69, 9.17) is 0 Å². The van der Waals surface area contributed by atoms with Crippen LogP contribution in [0.25, 0.3) is 11.0 Å². The van der Waals surface area contributed by atoms with E-state index < -0.39 is 0 Å². The SMILES string of the molecule is CCC(C)NC(=O)N(C)Cc1nc2cc(C(=O)N(C)C)ccc2n1CC. The van der Waals surface area contributed by atoms with Gasteiger partial charge in [0.05, 0.1) is 17.6 Å². The second-order valence-corrected chi connectivity index (χ2v) is 6.79. The van der Waals surface area contributed by atoms with E-state index >= 15 is 0 Å². The number of nitrogens with one attached hydrogen (secondary N) is 1. The lowest BCUT2D eigenvalue weighted by Gasteiger charge is -2.20. The molecular weight excluding hydrogens is 330 g/mol. The lowest BCUT2D eigenvalue weighted by Crippen LogP contribution is -2.41. The average molecular weight is 359 g/mol. The predicted octanol–water partition coefficient (Wildman–Crippen LogP) is 2.70. The summed E-state index contributed by atoms with van der Waals surface area (Å²) in [5.41, 5.74) is 2.34. The van der Waals surface area contributed by atoms with Gasteiger partial charge in [-0.3, -0.25) is 4.79 Å². The molecule has 3 amide bonds. The molecule has 7 nitrogen and oxygen atoms in total. The highest BCUT2D eigenvalue weighted by Gasteiger charge is 2.17. The molecule has 2 rings (SSSR count). The van der Waals surface area contributed by atoms with Crippen LogP contribution >= 0.6 is 0 Å². The minimum Gasteiger partial charge on any atom is -0.345 e. The van der Waals surface area contributed by atoms with Crippen LogP contribution in [0.5, 0.6) is 0 Å². The third kappa shape index (κ3) is 4.15. The summed E-state index contributed by atoms with van der Waals surface area (Å²) in [6.07, 6.45) is 0.885. The number of rotatable bonds is 6. The summed E-state index contributed by atoms with van der Waals surface area (Å²) >= 11 is 0. The predicted molar refractivity (Wildman–Crippen MR) is 103 cm³/mol. The van der Waals surface area contributed by atoms with E-state index in [0.29, 0.717) is 12.1 Å². The first-order valence-corrected chi connectivity index (χ1v) is 9.00. The van der Waals surface area contributed by atoms with E-state index in [9.17, 15) is 9.59 Å². The van der Waals surface area contributed by atoms with Crippen LogP contribution in [0.2, 0.25) is 0 Å². The molecule has 26 heavy (non-hydrogen) atoms. The second kappa shape index (κ2) is 8.21. The molecular formula is C19H29N5O2. The molecule has 142 valence electrons. The van der Waals surface area contributed by atoms with Crippen LogP contribution in [-0.4, -0.2) is 58.5 Å². The molecule has 1 aromatic carbocycles. The van der Waals surface area contributed by atoms with Gasteiger partial charge in [-0.25, -0.2) is 9.78 Å². The standard InChI is InChI=1S/C19H29N5O2/c1-7-13(3)20-19(26)23(6)12-17-21-15-11-14(18(25)22(4)5)9-10-16(15)24(17)8-2/h9-11,13H,7-8,12H2,1-6H3,(H,20,26). The van der Waals surface area contributed by atoms with E-state index in [1.165, 1.54) is 0 Å². The smallest absolute Gasteiger partial charge is 0.317 e. The summed E-state index contributed by atoms with van der Waals surface area (Å²) in [6, 6.07) is 5.58. The molecule has 1 N–H and O–H groups in total. The third-order valence-corrected chi connectivity index (χ3v) is 4.50. The van der Waals surface area contributed by atoms with Gasteiger partial charge in [0.1, 0.15) is 5.82 Å². The monoisotopic (exact) mass is 359 g/mol. The van der Waals surface area contributed by atoms with Gasteiger partial charge in [0.25, 0.3) is 5.91 Å². The Balaban J connectivity index is 2.29. The van der Waals surface area contributed by atoms with Crippen LogP contribution in [-0.2, 0) is 13.1 Å². The zero-order chi connectivity index (χ0) is 19.4. The first kappa shape index (κ1) is 19.8.